The van der Waals surface area contributed by atoms with Gasteiger partial charge in [0.2, 0.25) is 0 Å². The Morgan fingerprint density at radius 1 is 1.07 bits per heavy atom. The third kappa shape index (κ3) is 3.74. The molecule has 2 aromatic heterocycles. The Labute approximate surface area is 174 Å². The zero-order chi connectivity index (χ0) is 20.5. The molecule has 29 heavy (non-hydrogen) atoms. The third-order valence-corrected chi connectivity index (χ3v) is 5.10. The third-order valence-electron chi connectivity index (χ3n) is 4.88. The van der Waals surface area contributed by atoms with E-state index in [0.717, 1.165) is 28.4 Å². The second-order valence-corrected chi connectivity index (χ2v) is 7.61. The largest absolute Gasteiger partial charge is 0.504 e. The predicted molar refractivity (Wildman–Crippen MR) is 118 cm³/mol. The summed E-state index contributed by atoms with van der Waals surface area (Å²) >= 11 is 6.24. The van der Waals surface area contributed by atoms with Crippen LogP contribution in [0.3, 0.4) is 0 Å². The van der Waals surface area contributed by atoms with Gasteiger partial charge in [0, 0.05) is 17.4 Å². The fourth-order valence-electron chi connectivity index (χ4n) is 3.25. The Morgan fingerprint density at radius 2 is 1.83 bits per heavy atom. The van der Waals surface area contributed by atoms with Crippen LogP contribution in [-0.2, 0) is 0 Å². The van der Waals surface area contributed by atoms with Crippen molar-refractivity contribution in [1.82, 2.24) is 9.38 Å². The molecule has 0 aliphatic heterocycles. The summed E-state index contributed by atoms with van der Waals surface area (Å²) in [7, 11) is 1.53. The molecule has 0 fully saturated rings. The van der Waals surface area contributed by atoms with Crippen molar-refractivity contribution in [3.63, 3.8) is 0 Å². The van der Waals surface area contributed by atoms with E-state index in [2.05, 4.69) is 43.4 Å². The number of pyridine rings is 1. The molecule has 0 radical (unpaired) electrons. The molecule has 0 spiro atoms. The minimum Gasteiger partial charge on any atom is -0.504 e. The van der Waals surface area contributed by atoms with E-state index in [4.69, 9.17) is 21.3 Å². The van der Waals surface area contributed by atoms with Crippen LogP contribution in [0.5, 0.6) is 11.5 Å². The highest BCUT2D eigenvalue weighted by Gasteiger charge is 2.16. The van der Waals surface area contributed by atoms with E-state index < -0.39 is 0 Å². The summed E-state index contributed by atoms with van der Waals surface area (Å²) in [6, 6.07) is 17.2. The first-order chi connectivity index (χ1) is 14.0. The quantitative estimate of drug-likeness (QED) is 0.411. The number of nitrogens with zero attached hydrogens (tertiary/aromatic N) is 2. The smallest absolute Gasteiger partial charge is 0.161 e. The van der Waals surface area contributed by atoms with Gasteiger partial charge in [-0.2, -0.15) is 0 Å². The maximum Gasteiger partial charge on any atom is 0.161 e. The molecule has 0 bridgehead atoms. The van der Waals surface area contributed by atoms with E-state index in [1.54, 1.807) is 12.1 Å². The number of imidazole rings is 1. The molecule has 6 heteroatoms. The minimum atomic E-state index is 0.0850. The van der Waals surface area contributed by atoms with Crippen LogP contribution in [-0.4, -0.2) is 21.6 Å². The standard InChI is InChI=1S/C23H22ClN3O2/c1-14(2)15-4-8-18(9-5-15)25-23-22(16-6-10-19(28)20(12-16)29-3)26-21-11-7-17(24)13-27(21)23/h4-14,25,28H,1-3H3. The summed E-state index contributed by atoms with van der Waals surface area (Å²) in [5.41, 5.74) is 4.54. The molecule has 0 saturated heterocycles. The first-order valence-electron chi connectivity index (χ1n) is 9.38. The molecule has 2 heterocycles. The van der Waals surface area contributed by atoms with Crippen LogP contribution in [0.2, 0.25) is 5.02 Å². The Kier molecular flexibility index (Phi) is 5.07. The number of rotatable bonds is 5. The molecule has 0 aliphatic rings. The molecule has 0 saturated carbocycles. The first-order valence-corrected chi connectivity index (χ1v) is 9.76. The molecule has 2 N–H and O–H groups in total. The van der Waals surface area contributed by atoms with Gasteiger partial charge in [-0.15, -0.1) is 0 Å². The fourth-order valence-corrected chi connectivity index (χ4v) is 3.41. The van der Waals surface area contributed by atoms with Crippen LogP contribution in [0.15, 0.2) is 60.8 Å². The van der Waals surface area contributed by atoms with E-state index in [1.807, 2.05) is 28.8 Å². The van der Waals surface area contributed by atoms with Crippen LogP contribution >= 0.6 is 11.6 Å². The zero-order valence-electron chi connectivity index (χ0n) is 16.5. The number of hydrogen-bond donors (Lipinski definition) is 2. The number of nitrogens with one attached hydrogen (secondary N) is 1. The van der Waals surface area contributed by atoms with Crippen LogP contribution in [0.1, 0.15) is 25.3 Å². The topological polar surface area (TPSA) is 58.8 Å². The van der Waals surface area contributed by atoms with E-state index in [-0.39, 0.29) is 5.75 Å². The maximum absolute atomic E-state index is 9.95. The summed E-state index contributed by atoms with van der Waals surface area (Å²) in [6.07, 6.45) is 1.83. The SMILES string of the molecule is COc1cc(-c2nc3ccc(Cl)cn3c2Nc2ccc(C(C)C)cc2)ccc1O. The zero-order valence-corrected chi connectivity index (χ0v) is 17.2. The van der Waals surface area contributed by atoms with Crippen molar-refractivity contribution >= 4 is 28.8 Å². The normalized spacial score (nSPS) is 11.2. The van der Waals surface area contributed by atoms with Gasteiger partial charge in [0.05, 0.1) is 12.1 Å². The van der Waals surface area contributed by atoms with Crippen molar-refractivity contribution in [3.05, 3.63) is 71.4 Å². The van der Waals surface area contributed by atoms with Crippen LogP contribution in [0.25, 0.3) is 16.9 Å². The molecular weight excluding hydrogens is 386 g/mol. The van der Waals surface area contributed by atoms with Gasteiger partial charge < -0.3 is 15.2 Å². The molecule has 0 atom stereocenters. The number of benzene rings is 2. The van der Waals surface area contributed by atoms with Crippen molar-refractivity contribution in [2.45, 2.75) is 19.8 Å². The molecule has 5 nitrogen and oxygen atoms in total. The van der Waals surface area contributed by atoms with E-state index in [1.165, 1.54) is 12.7 Å². The number of anilines is 2. The molecule has 0 amide bonds. The lowest BCUT2D eigenvalue weighted by Gasteiger charge is -2.12. The van der Waals surface area contributed by atoms with Gasteiger partial charge in [-0.1, -0.05) is 37.6 Å². The Hall–Kier alpha value is -3.18. The highest BCUT2D eigenvalue weighted by atomic mass is 35.5. The van der Waals surface area contributed by atoms with Crippen molar-refractivity contribution in [2.24, 2.45) is 0 Å². The highest BCUT2D eigenvalue weighted by Crippen LogP contribution is 2.36. The molecule has 4 rings (SSSR count). The van der Waals surface area contributed by atoms with Crippen LogP contribution in [0.4, 0.5) is 11.5 Å². The second kappa shape index (κ2) is 7.68. The summed E-state index contributed by atoms with van der Waals surface area (Å²) in [4.78, 5) is 4.78. The van der Waals surface area contributed by atoms with Gasteiger partial charge >= 0.3 is 0 Å². The Morgan fingerprint density at radius 3 is 2.52 bits per heavy atom. The summed E-state index contributed by atoms with van der Waals surface area (Å²) in [5.74, 6) is 1.73. The van der Waals surface area contributed by atoms with Gasteiger partial charge in [0.25, 0.3) is 0 Å². The van der Waals surface area contributed by atoms with Crippen molar-refractivity contribution in [2.75, 3.05) is 12.4 Å². The van der Waals surface area contributed by atoms with Crippen molar-refractivity contribution in [3.8, 4) is 22.8 Å². The molecule has 2 aromatic carbocycles. The van der Waals surface area contributed by atoms with E-state index in [9.17, 15) is 5.11 Å². The van der Waals surface area contributed by atoms with Crippen LogP contribution < -0.4 is 10.1 Å². The predicted octanol–water partition coefficient (Wildman–Crippen LogP) is 6.24. The Bertz CT molecular complexity index is 1170. The van der Waals surface area contributed by atoms with Gasteiger partial charge in [-0.05, 0) is 53.9 Å². The summed E-state index contributed by atoms with van der Waals surface area (Å²) < 4.78 is 7.19. The molecular formula is C23H22ClN3O2. The lowest BCUT2D eigenvalue weighted by atomic mass is 10.0. The van der Waals surface area contributed by atoms with Gasteiger partial charge in [0.1, 0.15) is 17.2 Å². The molecule has 0 aliphatic carbocycles. The number of phenolic OH excluding ortho intramolecular Hbond substituents is 1. The number of aromatic hydroxyl groups is 1. The highest BCUT2D eigenvalue weighted by molar-refractivity contribution is 6.30. The summed E-state index contributed by atoms with van der Waals surface area (Å²) in [5, 5.41) is 14.0. The van der Waals surface area contributed by atoms with Crippen LogP contribution in [0, 0.1) is 0 Å². The number of methoxy groups -OCH3 is 1. The molecule has 0 unspecified atom stereocenters. The van der Waals surface area contributed by atoms with E-state index in [0.29, 0.717) is 16.7 Å². The molecule has 148 valence electrons. The van der Waals surface area contributed by atoms with Crippen molar-refractivity contribution in [1.29, 1.82) is 0 Å². The lowest BCUT2D eigenvalue weighted by Crippen LogP contribution is -1.98. The first kappa shape index (κ1) is 19.2. The Balaban J connectivity index is 1.84. The number of phenols is 1. The minimum absolute atomic E-state index is 0.0850. The number of halogens is 1. The second-order valence-electron chi connectivity index (χ2n) is 7.17. The fraction of sp³-hybridized carbons (Fsp3) is 0.174. The summed E-state index contributed by atoms with van der Waals surface area (Å²) in [6.45, 7) is 4.34. The maximum atomic E-state index is 9.95. The number of fused-ring (bicyclic) bond motifs is 1. The molecule has 4 aromatic rings. The monoisotopic (exact) mass is 407 g/mol. The van der Waals surface area contributed by atoms with E-state index >= 15 is 0 Å². The van der Waals surface area contributed by atoms with Gasteiger partial charge in [-0.3, -0.25) is 4.40 Å². The average molecular weight is 408 g/mol. The van der Waals surface area contributed by atoms with Gasteiger partial charge in [-0.25, -0.2) is 4.98 Å². The average Bonchev–Trinajstić information content (AvgIpc) is 3.06. The number of ether oxygens (including phenoxy) is 1. The van der Waals surface area contributed by atoms with Gasteiger partial charge in [0.15, 0.2) is 11.5 Å². The lowest BCUT2D eigenvalue weighted by molar-refractivity contribution is 0.373. The number of hydrogen-bond acceptors (Lipinski definition) is 4. The van der Waals surface area contributed by atoms with Crippen molar-refractivity contribution < 1.29 is 9.84 Å². The number of aromatic nitrogens is 2.